The number of hydrogen-bond donors (Lipinski definition) is 1. The maximum Gasteiger partial charge on any atom is 0.322 e. The molecule has 5 heteroatoms. The molecule has 0 aromatic heterocycles. The van der Waals surface area contributed by atoms with Gasteiger partial charge in [-0.2, -0.15) is 5.26 Å². The Labute approximate surface area is 146 Å². The predicted molar refractivity (Wildman–Crippen MR) is 94.9 cm³/mol. The van der Waals surface area contributed by atoms with Crippen molar-refractivity contribution in [1.29, 1.82) is 5.26 Å². The van der Waals surface area contributed by atoms with E-state index in [2.05, 4.69) is 11.4 Å². The first-order chi connectivity index (χ1) is 11.7. The van der Waals surface area contributed by atoms with Gasteiger partial charge in [0.1, 0.15) is 0 Å². The Hall–Kier alpha value is -2.51. The number of nitrogens with one attached hydrogen (secondary N) is 1. The van der Waals surface area contributed by atoms with Crippen LogP contribution in [0.15, 0.2) is 48.5 Å². The monoisotopic (exact) mass is 339 g/mol. The summed E-state index contributed by atoms with van der Waals surface area (Å²) in [5, 5.41) is 12.3. The van der Waals surface area contributed by atoms with Crippen molar-refractivity contribution >= 4 is 23.3 Å². The Morgan fingerprint density at radius 2 is 2.08 bits per heavy atom. The molecule has 1 unspecified atom stereocenters. The predicted octanol–water partition coefficient (Wildman–Crippen LogP) is 4.78. The van der Waals surface area contributed by atoms with Crippen molar-refractivity contribution in [2.24, 2.45) is 0 Å². The highest BCUT2D eigenvalue weighted by Gasteiger charge is 2.30. The number of urea groups is 1. The smallest absolute Gasteiger partial charge is 0.317 e. The number of halogens is 1. The SMILES string of the molecule is N#CCc1ccc(NC(=O)N2CCCC2c2cccc(Cl)c2)cc1. The molecule has 2 aromatic carbocycles. The van der Waals surface area contributed by atoms with Crippen molar-refractivity contribution in [3.8, 4) is 6.07 Å². The third kappa shape index (κ3) is 3.69. The van der Waals surface area contributed by atoms with Crippen molar-refractivity contribution in [1.82, 2.24) is 4.90 Å². The van der Waals surface area contributed by atoms with Gasteiger partial charge in [-0.25, -0.2) is 4.79 Å². The fourth-order valence-corrected chi connectivity index (χ4v) is 3.26. The molecular formula is C19H18ClN3O. The molecule has 3 rings (SSSR count). The number of nitriles is 1. The van der Waals surface area contributed by atoms with Crippen LogP contribution in [-0.4, -0.2) is 17.5 Å². The zero-order chi connectivity index (χ0) is 16.9. The van der Waals surface area contributed by atoms with Crippen LogP contribution in [0.2, 0.25) is 5.02 Å². The van der Waals surface area contributed by atoms with Crippen molar-refractivity contribution in [3.05, 3.63) is 64.7 Å². The van der Waals surface area contributed by atoms with Crippen LogP contribution in [0.25, 0.3) is 0 Å². The molecular weight excluding hydrogens is 322 g/mol. The molecule has 2 amide bonds. The Kier molecular flexibility index (Phi) is 5.02. The Morgan fingerprint density at radius 1 is 1.29 bits per heavy atom. The molecule has 0 bridgehead atoms. The van der Waals surface area contributed by atoms with Crippen LogP contribution in [0.3, 0.4) is 0 Å². The average molecular weight is 340 g/mol. The van der Waals surface area contributed by atoms with E-state index in [1.807, 2.05) is 53.4 Å². The topological polar surface area (TPSA) is 56.1 Å². The highest BCUT2D eigenvalue weighted by atomic mass is 35.5. The molecule has 1 aliphatic rings. The van der Waals surface area contributed by atoms with E-state index in [1.165, 1.54) is 0 Å². The molecule has 1 atom stereocenters. The van der Waals surface area contributed by atoms with Gasteiger partial charge in [0.15, 0.2) is 0 Å². The molecule has 0 aliphatic carbocycles. The van der Waals surface area contributed by atoms with Crippen LogP contribution in [0, 0.1) is 11.3 Å². The summed E-state index contributed by atoms with van der Waals surface area (Å²) in [5.41, 5.74) is 2.74. The number of likely N-dealkylation sites (tertiary alicyclic amines) is 1. The Bertz CT molecular complexity index is 767. The molecule has 1 saturated heterocycles. The molecule has 24 heavy (non-hydrogen) atoms. The minimum atomic E-state index is -0.106. The first-order valence-corrected chi connectivity index (χ1v) is 8.34. The van der Waals surface area contributed by atoms with Crippen LogP contribution < -0.4 is 5.32 Å². The van der Waals surface area contributed by atoms with E-state index in [-0.39, 0.29) is 12.1 Å². The van der Waals surface area contributed by atoms with Gasteiger partial charge in [0.25, 0.3) is 0 Å². The van der Waals surface area contributed by atoms with E-state index < -0.39 is 0 Å². The summed E-state index contributed by atoms with van der Waals surface area (Å²) in [5.74, 6) is 0. The van der Waals surface area contributed by atoms with Crippen molar-refractivity contribution in [2.45, 2.75) is 25.3 Å². The fourth-order valence-electron chi connectivity index (χ4n) is 3.06. The second kappa shape index (κ2) is 7.37. The second-order valence-corrected chi connectivity index (χ2v) is 6.30. The normalized spacial score (nSPS) is 16.7. The third-order valence-electron chi connectivity index (χ3n) is 4.24. The van der Waals surface area contributed by atoms with Gasteiger partial charge >= 0.3 is 6.03 Å². The van der Waals surface area contributed by atoms with Crippen LogP contribution in [0.4, 0.5) is 10.5 Å². The number of benzene rings is 2. The van der Waals surface area contributed by atoms with Gasteiger partial charge in [0, 0.05) is 17.3 Å². The summed E-state index contributed by atoms with van der Waals surface area (Å²) in [6.45, 7) is 0.732. The van der Waals surface area contributed by atoms with Crippen LogP contribution in [0.5, 0.6) is 0 Å². The van der Waals surface area contributed by atoms with Crippen molar-refractivity contribution in [3.63, 3.8) is 0 Å². The summed E-state index contributed by atoms with van der Waals surface area (Å²) in [6.07, 6.45) is 2.29. The second-order valence-electron chi connectivity index (χ2n) is 5.87. The lowest BCUT2D eigenvalue weighted by atomic mass is 10.1. The first kappa shape index (κ1) is 16.4. The summed E-state index contributed by atoms with van der Waals surface area (Å²) in [4.78, 5) is 14.5. The molecule has 1 fully saturated rings. The number of rotatable bonds is 3. The lowest BCUT2D eigenvalue weighted by Crippen LogP contribution is -2.34. The summed E-state index contributed by atoms with van der Waals surface area (Å²) >= 11 is 6.08. The van der Waals surface area contributed by atoms with E-state index in [0.29, 0.717) is 11.4 Å². The first-order valence-electron chi connectivity index (χ1n) is 7.96. The highest BCUT2D eigenvalue weighted by Crippen LogP contribution is 2.33. The Balaban J connectivity index is 1.70. The Morgan fingerprint density at radius 3 is 2.79 bits per heavy atom. The number of anilines is 1. The number of hydrogen-bond acceptors (Lipinski definition) is 2. The summed E-state index contributed by atoms with van der Waals surface area (Å²) in [7, 11) is 0. The minimum absolute atomic E-state index is 0.0570. The standard InChI is InChI=1S/C19H18ClN3O/c20-16-4-1-3-15(13-16)18-5-2-12-23(18)19(24)22-17-8-6-14(7-9-17)10-11-21/h1,3-4,6-9,13,18H,2,5,10,12H2,(H,22,24). The van der Waals surface area contributed by atoms with Gasteiger partial charge in [-0.15, -0.1) is 0 Å². The quantitative estimate of drug-likeness (QED) is 0.875. The zero-order valence-electron chi connectivity index (χ0n) is 13.2. The lowest BCUT2D eigenvalue weighted by Gasteiger charge is -2.25. The molecule has 4 nitrogen and oxygen atoms in total. The fraction of sp³-hybridized carbons (Fsp3) is 0.263. The molecule has 1 aliphatic heterocycles. The van der Waals surface area contributed by atoms with Gasteiger partial charge in [0.2, 0.25) is 0 Å². The van der Waals surface area contributed by atoms with Crippen molar-refractivity contribution < 1.29 is 4.79 Å². The highest BCUT2D eigenvalue weighted by molar-refractivity contribution is 6.30. The molecule has 122 valence electrons. The molecule has 2 aromatic rings. The van der Waals surface area contributed by atoms with E-state index in [0.717, 1.165) is 36.2 Å². The lowest BCUT2D eigenvalue weighted by molar-refractivity contribution is 0.207. The van der Waals surface area contributed by atoms with E-state index in [9.17, 15) is 4.79 Å². The zero-order valence-corrected chi connectivity index (χ0v) is 14.0. The largest absolute Gasteiger partial charge is 0.322 e. The van der Waals surface area contributed by atoms with Crippen LogP contribution >= 0.6 is 11.6 Å². The maximum atomic E-state index is 12.6. The third-order valence-corrected chi connectivity index (χ3v) is 4.47. The minimum Gasteiger partial charge on any atom is -0.317 e. The number of carbonyl (C=O) groups is 1. The molecule has 1 heterocycles. The number of carbonyl (C=O) groups excluding carboxylic acids is 1. The van der Waals surface area contributed by atoms with E-state index >= 15 is 0 Å². The van der Waals surface area contributed by atoms with Gasteiger partial charge in [-0.05, 0) is 48.2 Å². The maximum absolute atomic E-state index is 12.6. The number of amides is 2. The van der Waals surface area contributed by atoms with Crippen molar-refractivity contribution in [2.75, 3.05) is 11.9 Å². The van der Waals surface area contributed by atoms with Gasteiger partial charge < -0.3 is 10.2 Å². The van der Waals surface area contributed by atoms with Crippen LogP contribution in [-0.2, 0) is 6.42 Å². The summed E-state index contributed by atoms with van der Waals surface area (Å²) in [6, 6.07) is 17.1. The van der Waals surface area contributed by atoms with Gasteiger partial charge in [-0.1, -0.05) is 35.9 Å². The van der Waals surface area contributed by atoms with Gasteiger partial charge in [-0.3, -0.25) is 0 Å². The number of nitrogens with zero attached hydrogens (tertiary/aromatic N) is 2. The molecule has 0 radical (unpaired) electrons. The van der Waals surface area contributed by atoms with Gasteiger partial charge in [0.05, 0.1) is 18.5 Å². The summed E-state index contributed by atoms with van der Waals surface area (Å²) < 4.78 is 0. The van der Waals surface area contributed by atoms with E-state index in [1.54, 1.807) is 0 Å². The molecule has 0 spiro atoms. The molecule has 1 N–H and O–H groups in total. The van der Waals surface area contributed by atoms with E-state index in [4.69, 9.17) is 16.9 Å². The molecule has 0 saturated carbocycles. The average Bonchev–Trinajstić information content (AvgIpc) is 3.07. The van der Waals surface area contributed by atoms with Crippen LogP contribution in [0.1, 0.15) is 30.0 Å².